The van der Waals surface area contributed by atoms with Crippen molar-refractivity contribution in [3.8, 4) is 5.75 Å². The Morgan fingerprint density at radius 3 is 2.33 bits per heavy atom. The number of ether oxygens (including phenoxy) is 1. The van der Waals surface area contributed by atoms with Gasteiger partial charge >= 0.3 is 0 Å². The second kappa shape index (κ2) is 8.20. The molecule has 0 saturated heterocycles. The standard InChI is InChI=1S/C18H22BrNO/c1-14-3-5-15(6-4-14)16(13-20-2)11-12-21-18-9-7-17(19)8-10-18/h3-10,16,20H,11-13H2,1-2H3. The van der Waals surface area contributed by atoms with E-state index in [0.717, 1.165) is 29.8 Å². The van der Waals surface area contributed by atoms with Gasteiger partial charge in [0.25, 0.3) is 0 Å². The zero-order valence-electron chi connectivity index (χ0n) is 12.6. The van der Waals surface area contributed by atoms with E-state index in [2.05, 4.69) is 52.4 Å². The zero-order chi connectivity index (χ0) is 15.1. The van der Waals surface area contributed by atoms with Crippen molar-refractivity contribution in [1.82, 2.24) is 5.32 Å². The Kier molecular flexibility index (Phi) is 6.27. The Morgan fingerprint density at radius 2 is 1.71 bits per heavy atom. The Morgan fingerprint density at radius 1 is 1.05 bits per heavy atom. The first-order valence-corrected chi connectivity index (χ1v) is 8.08. The lowest BCUT2D eigenvalue weighted by Gasteiger charge is -2.17. The molecule has 0 heterocycles. The van der Waals surface area contributed by atoms with Crippen LogP contribution in [0.1, 0.15) is 23.5 Å². The van der Waals surface area contributed by atoms with Crippen molar-refractivity contribution in [2.75, 3.05) is 20.2 Å². The first-order valence-electron chi connectivity index (χ1n) is 7.28. The second-order valence-electron chi connectivity index (χ2n) is 5.26. The molecule has 2 aromatic carbocycles. The smallest absolute Gasteiger partial charge is 0.119 e. The van der Waals surface area contributed by atoms with Crippen LogP contribution in [0.5, 0.6) is 5.75 Å². The van der Waals surface area contributed by atoms with Gasteiger partial charge in [-0.3, -0.25) is 0 Å². The molecule has 0 spiro atoms. The molecule has 21 heavy (non-hydrogen) atoms. The SMILES string of the molecule is CNCC(CCOc1ccc(Br)cc1)c1ccc(C)cc1. The number of halogens is 1. The summed E-state index contributed by atoms with van der Waals surface area (Å²) < 4.78 is 6.91. The molecule has 112 valence electrons. The molecule has 0 saturated carbocycles. The molecule has 2 nitrogen and oxygen atoms in total. The van der Waals surface area contributed by atoms with Gasteiger partial charge in [-0.05, 0) is 56.1 Å². The highest BCUT2D eigenvalue weighted by Gasteiger charge is 2.10. The topological polar surface area (TPSA) is 21.3 Å². The number of rotatable bonds is 7. The summed E-state index contributed by atoms with van der Waals surface area (Å²) in [5, 5.41) is 3.28. The fraction of sp³-hybridized carbons (Fsp3) is 0.333. The lowest BCUT2D eigenvalue weighted by atomic mass is 9.95. The van der Waals surface area contributed by atoms with Crippen LogP contribution >= 0.6 is 15.9 Å². The average molecular weight is 348 g/mol. The summed E-state index contributed by atoms with van der Waals surface area (Å²) >= 11 is 3.43. The van der Waals surface area contributed by atoms with Gasteiger partial charge in [0.15, 0.2) is 0 Å². The van der Waals surface area contributed by atoms with Crippen molar-refractivity contribution in [2.24, 2.45) is 0 Å². The van der Waals surface area contributed by atoms with E-state index >= 15 is 0 Å². The van der Waals surface area contributed by atoms with Crippen LogP contribution in [0.3, 0.4) is 0 Å². The number of aryl methyl sites for hydroxylation is 1. The third-order valence-electron chi connectivity index (χ3n) is 3.55. The first kappa shape index (κ1) is 16.1. The molecule has 0 aromatic heterocycles. The highest BCUT2D eigenvalue weighted by molar-refractivity contribution is 9.10. The summed E-state index contributed by atoms with van der Waals surface area (Å²) in [6, 6.07) is 16.8. The fourth-order valence-corrected chi connectivity index (χ4v) is 2.59. The molecule has 0 aliphatic carbocycles. The van der Waals surface area contributed by atoms with Crippen LogP contribution in [0, 0.1) is 6.92 Å². The fourth-order valence-electron chi connectivity index (χ4n) is 2.32. The van der Waals surface area contributed by atoms with Crippen LogP contribution in [0.15, 0.2) is 53.0 Å². The maximum absolute atomic E-state index is 5.83. The van der Waals surface area contributed by atoms with Gasteiger partial charge in [-0.2, -0.15) is 0 Å². The van der Waals surface area contributed by atoms with E-state index in [0.29, 0.717) is 5.92 Å². The third-order valence-corrected chi connectivity index (χ3v) is 4.08. The van der Waals surface area contributed by atoms with Crippen LogP contribution < -0.4 is 10.1 Å². The zero-order valence-corrected chi connectivity index (χ0v) is 14.2. The van der Waals surface area contributed by atoms with Crippen molar-refractivity contribution in [2.45, 2.75) is 19.3 Å². The van der Waals surface area contributed by atoms with Gasteiger partial charge in [-0.15, -0.1) is 0 Å². The minimum atomic E-state index is 0.478. The summed E-state index contributed by atoms with van der Waals surface area (Å²) in [5.74, 6) is 1.40. The van der Waals surface area contributed by atoms with Crippen LogP contribution in [-0.2, 0) is 0 Å². The normalized spacial score (nSPS) is 12.1. The van der Waals surface area contributed by atoms with E-state index in [9.17, 15) is 0 Å². The summed E-state index contributed by atoms with van der Waals surface area (Å²) in [7, 11) is 2.00. The van der Waals surface area contributed by atoms with Gasteiger partial charge in [0.1, 0.15) is 5.75 Å². The molecular formula is C18H22BrNO. The maximum Gasteiger partial charge on any atom is 0.119 e. The predicted molar refractivity (Wildman–Crippen MR) is 92.1 cm³/mol. The largest absolute Gasteiger partial charge is 0.494 e. The van der Waals surface area contributed by atoms with Crippen LogP contribution in [0.4, 0.5) is 0 Å². The van der Waals surface area contributed by atoms with Gasteiger partial charge in [0.05, 0.1) is 6.61 Å². The van der Waals surface area contributed by atoms with Crippen molar-refractivity contribution in [3.63, 3.8) is 0 Å². The molecule has 0 radical (unpaired) electrons. The summed E-state index contributed by atoms with van der Waals surface area (Å²) in [6.45, 7) is 3.81. The first-order chi connectivity index (χ1) is 10.2. The molecule has 1 N–H and O–H groups in total. The molecule has 0 aliphatic heterocycles. The van der Waals surface area contributed by atoms with Gasteiger partial charge in [-0.25, -0.2) is 0 Å². The molecule has 0 fully saturated rings. The summed E-state index contributed by atoms with van der Waals surface area (Å²) in [6.07, 6.45) is 1.000. The van der Waals surface area contributed by atoms with Crippen LogP contribution in [0.25, 0.3) is 0 Å². The maximum atomic E-state index is 5.83. The van der Waals surface area contributed by atoms with Crippen LogP contribution in [0.2, 0.25) is 0 Å². The second-order valence-corrected chi connectivity index (χ2v) is 6.17. The van der Waals surface area contributed by atoms with E-state index in [1.807, 2.05) is 31.3 Å². The molecule has 0 bridgehead atoms. The van der Waals surface area contributed by atoms with E-state index in [-0.39, 0.29) is 0 Å². The van der Waals surface area contributed by atoms with Crippen LogP contribution in [-0.4, -0.2) is 20.2 Å². The van der Waals surface area contributed by atoms with Gasteiger partial charge in [-0.1, -0.05) is 45.8 Å². The number of hydrogen-bond acceptors (Lipinski definition) is 2. The van der Waals surface area contributed by atoms with Crippen molar-refractivity contribution in [3.05, 3.63) is 64.1 Å². The minimum absolute atomic E-state index is 0.478. The molecule has 2 aromatic rings. The number of benzene rings is 2. The molecule has 1 atom stereocenters. The monoisotopic (exact) mass is 347 g/mol. The molecule has 1 unspecified atom stereocenters. The van der Waals surface area contributed by atoms with Gasteiger partial charge in [0, 0.05) is 11.0 Å². The number of nitrogens with one attached hydrogen (secondary N) is 1. The minimum Gasteiger partial charge on any atom is -0.494 e. The Labute approximate surface area is 135 Å². The number of likely N-dealkylation sites (N-methyl/N-ethyl adjacent to an activating group) is 1. The van der Waals surface area contributed by atoms with Gasteiger partial charge < -0.3 is 10.1 Å². The van der Waals surface area contributed by atoms with Gasteiger partial charge in [0.2, 0.25) is 0 Å². The predicted octanol–water partition coefficient (Wildman–Crippen LogP) is 4.53. The summed E-state index contributed by atoms with van der Waals surface area (Å²) in [4.78, 5) is 0. The Bertz CT molecular complexity index is 536. The highest BCUT2D eigenvalue weighted by Crippen LogP contribution is 2.21. The molecule has 0 aliphatic rings. The van der Waals surface area contributed by atoms with Crippen molar-refractivity contribution < 1.29 is 4.74 Å². The van der Waals surface area contributed by atoms with Crippen molar-refractivity contribution in [1.29, 1.82) is 0 Å². The molecule has 0 amide bonds. The van der Waals surface area contributed by atoms with Crippen molar-refractivity contribution >= 4 is 15.9 Å². The van der Waals surface area contributed by atoms with E-state index < -0.39 is 0 Å². The molecule has 3 heteroatoms. The quantitative estimate of drug-likeness (QED) is 0.794. The molecular weight excluding hydrogens is 326 g/mol. The lowest BCUT2D eigenvalue weighted by Crippen LogP contribution is -2.19. The summed E-state index contributed by atoms with van der Waals surface area (Å²) in [5.41, 5.74) is 2.67. The van der Waals surface area contributed by atoms with E-state index in [4.69, 9.17) is 4.74 Å². The lowest BCUT2D eigenvalue weighted by molar-refractivity contribution is 0.296. The Hall–Kier alpha value is -1.32. The van der Waals surface area contributed by atoms with E-state index in [1.165, 1.54) is 11.1 Å². The molecule has 2 rings (SSSR count). The third kappa shape index (κ3) is 5.18. The Balaban J connectivity index is 1.90. The number of hydrogen-bond donors (Lipinski definition) is 1. The van der Waals surface area contributed by atoms with E-state index in [1.54, 1.807) is 0 Å². The highest BCUT2D eigenvalue weighted by atomic mass is 79.9. The average Bonchev–Trinajstić information content (AvgIpc) is 2.49.